The molecule has 3 rings (SSSR count). The Labute approximate surface area is 126 Å². The van der Waals surface area contributed by atoms with E-state index in [2.05, 4.69) is 10.6 Å². The molecule has 1 aromatic heterocycles. The molecule has 2 heterocycles. The fourth-order valence-corrected chi connectivity index (χ4v) is 3.08. The number of carbonyl (C=O) groups is 2. The first kappa shape index (κ1) is 13.6. The summed E-state index contributed by atoms with van der Waals surface area (Å²) in [5, 5.41) is 7.53. The van der Waals surface area contributed by atoms with Crippen LogP contribution >= 0.6 is 11.3 Å². The molecule has 0 saturated carbocycles. The van der Waals surface area contributed by atoms with Gasteiger partial charge in [-0.25, -0.2) is 4.79 Å². The van der Waals surface area contributed by atoms with E-state index in [1.165, 1.54) is 11.3 Å². The van der Waals surface area contributed by atoms with E-state index < -0.39 is 0 Å². The number of amides is 3. The molecular formula is C15H15N3O2S. The fraction of sp³-hybridized carbons (Fsp3) is 0.200. The summed E-state index contributed by atoms with van der Waals surface area (Å²) in [6.07, 6.45) is 0. The highest BCUT2D eigenvalue weighted by molar-refractivity contribution is 7.12. The molecule has 0 atom stereocenters. The molecule has 2 aromatic rings. The van der Waals surface area contributed by atoms with Crippen LogP contribution in [0.5, 0.6) is 0 Å². The maximum atomic E-state index is 12.2. The number of carbonyl (C=O) groups excluding carboxylic acids is 2. The molecule has 5 nitrogen and oxygen atoms in total. The van der Waals surface area contributed by atoms with Crippen LogP contribution in [0.25, 0.3) is 0 Å². The molecule has 1 aromatic carbocycles. The van der Waals surface area contributed by atoms with Gasteiger partial charge in [0.2, 0.25) is 0 Å². The summed E-state index contributed by atoms with van der Waals surface area (Å²) in [4.78, 5) is 26.2. The van der Waals surface area contributed by atoms with Crippen LogP contribution in [-0.4, -0.2) is 25.0 Å². The quantitative estimate of drug-likeness (QED) is 0.915. The predicted octanol–water partition coefficient (Wildman–Crippen LogP) is 2.84. The van der Waals surface area contributed by atoms with Crippen molar-refractivity contribution in [1.82, 2.24) is 5.32 Å². The number of thiophene rings is 1. The third kappa shape index (κ3) is 2.75. The maximum absolute atomic E-state index is 12.2. The first-order valence-electron chi connectivity index (χ1n) is 6.66. The van der Waals surface area contributed by atoms with Crippen molar-refractivity contribution >= 4 is 34.6 Å². The zero-order chi connectivity index (χ0) is 14.8. The average Bonchev–Trinajstić information content (AvgIpc) is 3.07. The van der Waals surface area contributed by atoms with Gasteiger partial charge in [-0.05, 0) is 42.1 Å². The van der Waals surface area contributed by atoms with Gasteiger partial charge in [-0.1, -0.05) is 6.07 Å². The van der Waals surface area contributed by atoms with Crippen molar-refractivity contribution in [3.63, 3.8) is 0 Å². The number of nitrogens with one attached hydrogen (secondary N) is 2. The summed E-state index contributed by atoms with van der Waals surface area (Å²) >= 11 is 1.42. The third-order valence-corrected chi connectivity index (χ3v) is 4.36. The Morgan fingerprint density at radius 2 is 2.24 bits per heavy atom. The molecular weight excluding hydrogens is 286 g/mol. The average molecular weight is 301 g/mol. The van der Waals surface area contributed by atoms with Crippen LogP contribution < -0.4 is 15.5 Å². The van der Waals surface area contributed by atoms with Gasteiger partial charge in [0.1, 0.15) is 0 Å². The van der Waals surface area contributed by atoms with Gasteiger partial charge in [-0.3, -0.25) is 9.69 Å². The second-order valence-corrected chi connectivity index (χ2v) is 5.74. The summed E-state index contributed by atoms with van der Waals surface area (Å²) in [6, 6.07) is 9.14. The number of urea groups is 1. The molecule has 1 aliphatic rings. The first-order chi connectivity index (χ1) is 10.1. The van der Waals surface area contributed by atoms with E-state index in [9.17, 15) is 9.59 Å². The van der Waals surface area contributed by atoms with Crippen LogP contribution in [0, 0.1) is 6.92 Å². The van der Waals surface area contributed by atoms with E-state index in [0.717, 1.165) is 11.3 Å². The smallest absolute Gasteiger partial charge is 0.321 e. The number of aryl methyl sites for hydroxylation is 1. The van der Waals surface area contributed by atoms with Crippen molar-refractivity contribution in [2.45, 2.75) is 6.92 Å². The van der Waals surface area contributed by atoms with Gasteiger partial charge in [-0.2, -0.15) is 0 Å². The highest BCUT2D eigenvalue weighted by atomic mass is 32.1. The van der Waals surface area contributed by atoms with Gasteiger partial charge < -0.3 is 10.6 Å². The van der Waals surface area contributed by atoms with Crippen molar-refractivity contribution in [3.8, 4) is 0 Å². The summed E-state index contributed by atoms with van der Waals surface area (Å²) in [5.74, 6) is -0.120. The number of benzene rings is 1. The van der Waals surface area contributed by atoms with Crippen LogP contribution in [-0.2, 0) is 0 Å². The van der Waals surface area contributed by atoms with Crippen molar-refractivity contribution in [1.29, 1.82) is 0 Å². The summed E-state index contributed by atoms with van der Waals surface area (Å²) < 4.78 is 0. The Kier molecular flexibility index (Phi) is 3.62. The Morgan fingerprint density at radius 3 is 2.90 bits per heavy atom. The lowest BCUT2D eigenvalue weighted by atomic mass is 10.2. The lowest BCUT2D eigenvalue weighted by molar-refractivity contribution is 0.103. The van der Waals surface area contributed by atoms with E-state index >= 15 is 0 Å². The Balaban J connectivity index is 1.79. The first-order valence-corrected chi connectivity index (χ1v) is 7.54. The van der Waals surface area contributed by atoms with Crippen molar-refractivity contribution in [3.05, 3.63) is 46.2 Å². The normalized spacial score (nSPS) is 14.1. The largest absolute Gasteiger partial charge is 0.336 e. The zero-order valence-electron chi connectivity index (χ0n) is 11.6. The standard InChI is InChI=1S/C15H15N3O2S/c1-10-5-8-21-13(10)14(19)17-11-3-2-4-12(9-11)18-7-6-16-15(18)20/h2-5,8-9H,6-7H2,1H3,(H,16,20)(H,17,19). The number of hydrogen-bond donors (Lipinski definition) is 2. The minimum Gasteiger partial charge on any atom is -0.336 e. The van der Waals surface area contributed by atoms with Gasteiger partial charge >= 0.3 is 6.03 Å². The zero-order valence-corrected chi connectivity index (χ0v) is 12.4. The van der Waals surface area contributed by atoms with Crippen LogP contribution in [0.15, 0.2) is 35.7 Å². The predicted molar refractivity (Wildman–Crippen MR) is 84.2 cm³/mol. The third-order valence-electron chi connectivity index (χ3n) is 3.34. The Morgan fingerprint density at radius 1 is 1.38 bits per heavy atom. The van der Waals surface area contributed by atoms with E-state index in [4.69, 9.17) is 0 Å². The van der Waals surface area contributed by atoms with Crippen LogP contribution in [0.4, 0.5) is 16.2 Å². The van der Waals surface area contributed by atoms with Gasteiger partial charge in [0.15, 0.2) is 0 Å². The number of anilines is 2. The molecule has 0 radical (unpaired) electrons. The minimum atomic E-state index is -0.120. The molecule has 3 amide bonds. The van der Waals surface area contributed by atoms with Crippen molar-refractivity contribution in [2.75, 3.05) is 23.3 Å². The summed E-state index contributed by atoms with van der Waals surface area (Å²) in [7, 11) is 0. The molecule has 0 aliphatic carbocycles. The fourth-order valence-electron chi connectivity index (χ4n) is 2.26. The molecule has 0 bridgehead atoms. The highest BCUT2D eigenvalue weighted by Gasteiger charge is 2.21. The van der Waals surface area contributed by atoms with Crippen LogP contribution in [0.1, 0.15) is 15.2 Å². The van der Waals surface area contributed by atoms with Gasteiger partial charge in [0.05, 0.1) is 4.88 Å². The van der Waals surface area contributed by atoms with Crippen LogP contribution in [0.2, 0.25) is 0 Å². The van der Waals surface area contributed by atoms with Crippen molar-refractivity contribution < 1.29 is 9.59 Å². The maximum Gasteiger partial charge on any atom is 0.321 e. The monoisotopic (exact) mass is 301 g/mol. The van der Waals surface area contributed by atoms with E-state index in [1.807, 2.05) is 42.6 Å². The molecule has 21 heavy (non-hydrogen) atoms. The number of rotatable bonds is 3. The SMILES string of the molecule is Cc1ccsc1C(=O)Nc1cccc(N2CCNC2=O)c1. The minimum absolute atomic E-state index is 0.104. The van der Waals surface area contributed by atoms with Crippen molar-refractivity contribution in [2.24, 2.45) is 0 Å². The molecule has 2 N–H and O–H groups in total. The molecule has 1 aliphatic heterocycles. The van der Waals surface area contributed by atoms with E-state index in [-0.39, 0.29) is 11.9 Å². The molecule has 0 spiro atoms. The molecule has 1 fully saturated rings. The molecule has 108 valence electrons. The second kappa shape index (κ2) is 5.57. The number of hydrogen-bond acceptors (Lipinski definition) is 3. The summed E-state index contributed by atoms with van der Waals surface area (Å²) in [6.45, 7) is 3.19. The van der Waals surface area contributed by atoms with E-state index in [0.29, 0.717) is 23.7 Å². The lowest BCUT2D eigenvalue weighted by Gasteiger charge is -2.15. The summed E-state index contributed by atoms with van der Waals surface area (Å²) in [5.41, 5.74) is 2.43. The highest BCUT2D eigenvalue weighted by Crippen LogP contribution is 2.23. The topological polar surface area (TPSA) is 61.4 Å². The van der Waals surface area contributed by atoms with Gasteiger partial charge in [-0.15, -0.1) is 11.3 Å². The Bertz CT molecular complexity index is 696. The molecule has 0 unspecified atom stereocenters. The molecule has 6 heteroatoms. The van der Waals surface area contributed by atoms with Gasteiger partial charge in [0.25, 0.3) is 5.91 Å². The second-order valence-electron chi connectivity index (χ2n) is 4.82. The Hall–Kier alpha value is -2.34. The lowest BCUT2D eigenvalue weighted by Crippen LogP contribution is -2.27. The van der Waals surface area contributed by atoms with Gasteiger partial charge in [0, 0.05) is 24.5 Å². The molecule has 1 saturated heterocycles. The van der Waals surface area contributed by atoms with E-state index in [1.54, 1.807) is 4.90 Å². The van der Waals surface area contributed by atoms with Crippen LogP contribution in [0.3, 0.4) is 0 Å². The number of nitrogens with zero attached hydrogens (tertiary/aromatic N) is 1.